The van der Waals surface area contributed by atoms with Crippen LogP contribution in [0.25, 0.3) is 10.6 Å². The first-order valence-electron chi connectivity index (χ1n) is 9.24. The molecule has 4 heterocycles. The number of amides is 1. The molecule has 0 saturated carbocycles. The van der Waals surface area contributed by atoms with Crippen molar-refractivity contribution in [2.24, 2.45) is 0 Å². The summed E-state index contributed by atoms with van der Waals surface area (Å²) in [5.74, 6) is -0.153. The van der Waals surface area contributed by atoms with Gasteiger partial charge in [0.1, 0.15) is 15.7 Å². The normalized spacial score (nSPS) is 20.0. The average molecular weight is 543 g/mol. The van der Waals surface area contributed by atoms with E-state index >= 15 is 0 Å². The van der Waals surface area contributed by atoms with E-state index in [1.165, 1.54) is 28.1 Å². The van der Waals surface area contributed by atoms with Crippen molar-refractivity contribution in [3.8, 4) is 10.6 Å². The number of thiol groups is 1. The monoisotopic (exact) mass is 543 g/mol. The molecular weight excluding hydrogens is 524 g/mol. The maximum absolute atomic E-state index is 14.8. The Morgan fingerprint density at radius 1 is 1.38 bits per heavy atom. The molecule has 2 aliphatic rings. The Morgan fingerprint density at radius 3 is 2.90 bits per heavy atom. The summed E-state index contributed by atoms with van der Waals surface area (Å²) in [5.41, 5.74) is 1.40. The van der Waals surface area contributed by atoms with E-state index in [2.05, 4.69) is 50.1 Å². The number of aromatic nitrogens is 2. The summed E-state index contributed by atoms with van der Waals surface area (Å²) in [4.78, 5) is 25.6. The number of carbonyl (C=O) groups is 1. The molecule has 1 atom stereocenters. The van der Waals surface area contributed by atoms with Gasteiger partial charge in [-0.1, -0.05) is 22.6 Å². The maximum Gasteiger partial charge on any atom is 0.270 e. The molecule has 2 aromatic heterocycles. The standard InChI is InChI=1S/C19H19FIN5OS2/c20-17-13(3-4-15(24-17)25-6-1-2-11(21)9-25)18-23-14-5-7-26(12(8-22)10-28)19(27)16(14)29-18/h3-4,8,10-11,22,28H,1-2,5-7,9H2/b12-10+,22-8?. The molecule has 0 aromatic carbocycles. The van der Waals surface area contributed by atoms with Crippen molar-refractivity contribution in [2.75, 3.05) is 24.5 Å². The minimum atomic E-state index is -0.566. The zero-order chi connectivity index (χ0) is 20.5. The molecule has 4 rings (SSSR count). The highest BCUT2D eigenvalue weighted by atomic mass is 127. The summed E-state index contributed by atoms with van der Waals surface area (Å²) in [7, 11) is 0. The van der Waals surface area contributed by atoms with Gasteiger partial charge in [-0.2, -0.15) is 4.39 Å². The van der Waals surface area contributed by atoms with Crippen molar-refractivity contribution in [3.63, 3.8) is 0 Å². The van der Waals surface area contributed by atoms with Crippen molar-refractivity contribution in [1.82, 2.24) is 14.9 Å². The second-order valence-electron chi connectivity index (χ2n) is 6.89. The lowest BCUT2D eigenvalue weighted by Crippen LogP contribution is -2.36. The van der Waals surface area contributed by atoms with E-state index in [-0.39, 0.29) is 5.91 Å². The highest BCUT2D eigenvalue weighted by Crippen LogP contribution is 2.34. The molecule has 0 bridgehead atoms. The van der Waals surface area contributed by atoms with Crippen LogP contribution in [0.4, 0.5) is 10.2 Å². The molecular formula is C19H19FIN5OS2. The number of pyridine rings is 1. The van der Waals surface area contributed by atoms with Gasteiger partial charge in [0.25, 0.3) is 5.91 Å². The number of alkyl halides is 1. The first kappa shape index (κ1) is 20.7. The predicted octanol–water partition coefficient (Wildman–Crippen LogP) is 4.17. The number of rotatable bonds is 4. The van der Waals surface area contributed by atoms with Crippen LogP contribution >= 0.6 is 46.6 Å². The number of halogens is 2. The Labute approximate surface area is 191 Å². The zero-order valence-corrected chi connectivity index (χ0v) is 19.3. The molecule has 10 heteroatoms. The quantitative estimate of drug-likeness (QED) is 0.200. The lowest BCUT2D eigenvalue weighted by atomic mass is 10.1. The van der Waals surface area contributed by atoms with Gasteiger partial charge < -0.3 is 15.2 Å². The lowest BCUT2D eigenvalue weighted by Gasteiger charge is -2.31. The Morgan fingerprint density at radius 2 is 2.21 bits per heavy atom. The summed E-state index contributed by atoms with van der Waals surface area (Å²) in [6, 6.07) is 3.54. The van der Waals surface area contributed by atoms with Crippen molar-refractivity contribution in [3.05, 3.63) is 39.8 Å². The Kier molecular flexibility index (Phi) is 6.21. The number of allylic oxidation sites excluding steroid dienone is 1. The number of fused-ring (bicyclic) bond motifs is 1. The lowest BCUT2D eigenvalue weighted by molar-refractivity contribution is 0.0805. The van der Waals surface area contributed by atoms with E-state index in [4.69, 9.17) is 5.41 Å². The molecule has 152 valence electrons. The van der Waals surface area contributed by atoms with Crippen molar-refractivity contribution < 1.29 is 9.18 Å². The first-order valence-corrected chi connectivity index (χ1v) is 11.8. The number of nitrogens with zero attached hydrogens (tertiary/aromatic N) is 4. The smallest absolute Gasteiger partial charge is 0.270 e. The van der Waals surface area contributed by atoms with Gasteiger partial charge in [-0.3, -0.25) is 4.79 Å². The molecule has 1 N–H and O–H groups in total. The van der Waals surface area contributed by atoms with E-state index in [0.29, 0.717) is 49.5 Å². The number of piperidine rings is 1. The first-order chi connectivity index (χ1) is 14.0. The summed E-state index contributed by atoms with van der Waals surface area (Å²) in [5, 5.41) is 9.33. The number of thiazole rings is 1. The van der Waals surface area contributed by atoms with Crippen LogP contribution in [0.3, 0.4) is 0 Å². The van der Waals surface area contributed by atoms with E-state index in [1.807, 2.05) is 6.07 Å². The van der Waals surface area contributed by atoms with E-state index < -0.39 is 5.95 Å². The molecule has 2 aromatic rings. The van der Waals surface area contributed by atoms with Crippen molar-refractivity contribution >= 4 is 64.5 Å². The van der Waals surface area contributed by atoms with Crippen LogP contribution < -0.4 is 4.90 Å². The number of anilines is 1. The fourth-order valence-electron chi connectivity index (χ4n) is 3.57. The van der Waals surface area contributed by atoms with Gasteiger partial charge >= 0.3 is 0 Å². The fourth-order valence-corrected chi connectivity index (χ4v) is 5.77. The summed E-state index contributed by atoms with van der Waals surface area (Å²) in [6.45, 7) is 2.17. The van der Waals surface area contributed by atoms with Crippen LogP contribution in [0, 0.1) is 11.4 Å². The van der Waals surface area contributed by atoms with Crippen LogP contribution in [-0.4, -0.2) is 50.5 Å². The van der Waals surface area contributed by atoms with E-state index in [0.717, 1.165) is 25.7 Å². The summed E-state index contributed by atoms with van der Waals surface area (Å²) < 4.78 is 15.4. The fraction of sp³-hybridized carbons (Fsp3) is 0.368. The minimum absolute atomic E-state index is 0.231. The van der Waals surface area contributed by atoms with Crippen LogP contribution in [-0.2, 0) is 6.42 Å². The Hall–Kier alpha value is -1.53. The highest BCUT2D eigenvalue weighted by molar-refractivity contribution is 14.1. The number of nitrogens with one attached hydrogen (secondary N) is 1. The highest BCUT2D eigenvalue weighted by Gasteiger charge is 2.31. The van der Waals surface area contributed by atoms with Gasteiger partial charge in [0.2, 0.25) is 5.95 Å². The van der Waals surface area contributed by atoms with Crippen molar-refractivity contribution in [2.45, 2.75) is 23.2 Å². The molecule has 6 nitrogen and oxygen atoms in total. The van der Waals surface area contributed by atoms with Gasteiger partial charge in [-0.25, -0.2) is 9.97 Å². The van der Waals surface area contributed by atoms with Gasteiger partial charge in [0, 0.05) is 36.2 Å². The maximum atomic E-state index is 14.8. The number of carbonyl (C=O) groups excluding carboxylic acids is 1. The molecule has 0 aliphatic carbocycles. The van der Waals surface area contributed by atoms with E-state index in [9.17, 15) is 9.18 Å². The molecule has 1 saturated heterocycles. The van der Waals surface area contributed by atoms with Gasteiger partial charge in [0.05, 0.1) is 17.0 Å². The van der Waals surface area contributed by atoms with Gasteiger partial charge in [0.15, 0.2) is 0 Å². The van der Waals surface area contributed by atoms with E-state index in [1.54, 1.807) is 6.07 Å². The second kappa shape index (κ2) is 8.68. The van der Waals surface area contributed by atoms with Gasteiger partial charge in [-0.15, -0.1) is 24.0 Å². The summed E-state index contributed by atoms with van der Waals surface area (Å²) >= 11 is 7.67. The van der Waals surface area contributed by atoms with Crippen LogP contribution in [0.1, 0.15) is 28.2 Å². The Bertz CT molecular complexity index is 995. The second-order valence-corrected chi connectivity index (χ2v) is 9.91. The average Bonchev–Trinajstić information content (AvgIpc) is 3.15. The molecule has 2 aliphatic heterocycles. The zero-order valence-electron chi connectivity index (χ0n) is 15.4. The number of hydrogen-bond acceptors (Lipinski definition) is 7. The molecule has 29 heavy (non-hydrogen) atoms. The number of hydrogen-bond donors (Lipinski definition) is 2. The largest absolute Gasteiger partial charge is 0.355 e. The molecule has 1 fully saturated rings. The molecule has 0 radical (unpaired) electrons. The third-order valence-corrected chi connectivity index (χ3v) is 7.45. The van der Waals surface area contributed by atoms with Crippen LogP contribution in [0.5, 0.6) is 0 Å². The molecule has 0 spiro atoms. The molecule has 1 unspecified atom stereocenters. The molecule has 1 amide bonds. The predicted molar refractivity (Wildman–Crippen MR) is 125 cm³/mol. The third kappa shape index (κ3) is 4.06. The van der Waals surface area contributed by atoms with Crippen LogP contribution in [0.15, 0.2) is 23.2 Å². The SMILES string of the molecule is N=C/C(=C\S)N1CCc2nc(-c3ccc(N4CCCC(I)C4)nc3F)sc2C1=O. The van der Waals surface area contributed by atoms with Gasteiger partial charge in [-0.05, 0) is 30.4 Å². The Balaban J connectivity index is 1.61. The van der Waals surface area contributed by atoms with Crippen molar-refractivity contribution in [1.29, 1.82) is 5.41 Å². The minimum Gasteiger partial charge on any atom is -0.355 e. The summed E-state index contributed by atoms with van der Waals surface area (Å²) in [6.07, 6.45) is 3.90. The topological polar surface area (TPSA) is 73.2 Å². The van der Waals surface area contributed by atoms with Crippen LogP contribution in [0.2, 0.25) is 0 Å². The third-order valence-electron chi connectivity index (χ3n) is 5.05.